The van der Waals surface area contributed by atoms with Crippen LogP contribution in [0.1, 0.15) is 6.92 Å². The molecule has 26 heavy (non-hydrogen) atoms. The fourth-order valence-electron chi connectivity index (χ4n) is 2.18. The van der Waals surface area contributed by atoms with Gasteiger partial charge in [0, 0.05) is 0 Å². The third-order valence-corrected chi connectivity index (χ3v) is 6.01. The lowest BCUT2D eigenvalue weighted by molar-refractivity contribution is -0.141. The van der Waals surface area contributed by atoms with Gasteiger partial charge in [0.05, 0.1) is 34.3 Å². The van der Waals surface area contributed by atoms with Gasteiger partial charge in [0.25, 0.3) is 10.0 Å². The molecule has 9 heteroatoms. The molecule has 0 saturated carbocycles. The van der Waals surface area contributed by atoms with Crippen molar-refractivity contribution >= 4 is 44.9 Å². The lowest BCUT2D eigenvalue weighted by Gasteiger charge is -2.25. The summed E-state index contributed by atoms with van der Waals surface area (Å²) in [5, 5.41) is 0.193. The molecule has 2 aromatic rings. The molecule has 0 bridgehead atoms. The molecule has 0 aliphatic rings. The van der Waals surface area contributed by atoms with Gasteiger partial charge in [0.1, 0.15) is 12.3 Å². The number of halogens is 2. The Labute approximate surface area is 162 Å². The first-order valence-corrected chi connectivity index (χ1v) is 9.77. The van der Waals surface area contributed by atoms with Gasteiger partial charge in [-0.05, 0) is 43.3 Å². The maximum absolute atomic E-state index is 13.1. The summed E-state index contributed by atoms with van der Waals surface area (Å²) in [5.41, 5.74) is 0.0861. The lowest BCUT2D eigenvalue weighted by atomic mass is 10.3. The van der Waals surface area contributed by atoms with Crippen LogP contribution in [-0.4, -0.2) is 34.6 Å². The summed E-state index contributed by atoms with van der Waals surface area (Å²) in [7, 11) is -2.62. The van der Waals surface area contributed by atoms with Crippen LogP contribution in [0.4, 0.5) is 5.69 Å². The number of ether oxygens (including phenoxy) is 2. The van der Waals surface area contributed by atoms with Crippen LogP contribution >= 0.6 is 23.2 Å². The second-order valence-corrected chi connectivity index (χ2v) is 7.71. The van der Waals surface area contributed by atoms with E-state index in [4.69, 9.17) is 32.7 Å². The van der Waals surface area contributed by atoms with Gasteiger partial charge in [-0.3, -0.25) is 9.10 Å². The SMILES string of the molecule is CCOC(=O)CN(c1cccc(Cl)c1Cl)S(=O)(=O)c1ccc(OC)cc1. The lowest BCUT2D eigenvalue weighted by Crippen LogP contribution is -2.36. The highest BCUT2D eigenvalue weighted by atomic mass is 35.5. The van der Waals surface area contributed by atoms with Crippen molar-refractivity contribution < 1.29 is 22.7 Å². The number of carbonyl (C=O) groups excluding carboxylic acids is 1. The number of methoxy groups -OCH3 is 1. The quantitative estimate of drug-likeness (QED) is 0.641. The highest BCUT2D eigenvalue weighted by Crippen LogP contribution is 2.35. The van der Waals surface area contributed by atoms with Crippen LogP contribution < -0.4 is 9.04 Å². The van der Waals surface area contributed by atoms with Gasteiger partial charge in [-0.15, -0.1) is 0 Å². The fraction of sp³-hybridized carbons (Fsp3) is 0.235. The minimum absolute atomic E-state index is 0.0237. The Morgan fingerprint density at radius 3 is 2.35 bits per heavy atom. The summed E-state index contributed by atoms with van der Waals surface area (Å²) in [6.07, 6.45) is 0. The second-order valence-electron chi connectivity index (χ2n) is 5.07. The number of benzene rings is 2. The van der Waals surface area contributed by atoms with Crippen molar-refractivity contribution in [2.75, 3.05) is 24.6 Å². The predicted molar refractivity (Wildman–Crippen MR) is 101 cm³/mol. The average Bonchev–Trinajstić information content (AvgIpc) is 2.62. The summed E-state index contributed by atoms with van der Waals surface area (Å²) in [5.74, 6) is -0.206. The summed E-state index contributed by atoms with van der Waals surface area (Å²) in [4.78, 5) is 11.9. The summed E-state index contributed by atoms with van der Waals surface area (Å²) in [6.45, 7) is 1.22. The number of hydrogen-bond acceptors (Lipinski definition) is 5. The van der Waals surface area contributed by atoms with E-state index in [0.717, 1.165) is 4.31 Å². The molecular formula is C17H17Cl2NO5S. The number of rotatable bonds is 7. The monoisotopic (exact) mass is 417 g/mol. The van der Waals surface area contributed by atoms with E-state index in [0.29, 0.717) is 5.75 Å². The van der Waals surface area contributed by atoms with E-state index in [1.165, 1.54) is 43.5 Å². The Kier molecular flexibility index (Phi) is 6.75. The third kappa shape index (κ3) is 4.41. The van der Waals surface area contributed by atoms with Gasteiger partial charge in [-0.2, -0.15) is 0 Å². The standard InChI is InChI=1S/C17H17Cl2NO5S/c1-3-25-16(21)11-20(15-6-4-5-14(18)17(15)19)26(22,23)13-9-7-12(24-2)8-10-13/h4-10H,3,11H2,1-2H3. The zero-order chi connectivity index (χ0) is 19.3. The van der Waals surface area contributed by atoms with Gasteiger partial charge in [0.2, 0.25) is 0 Å². The second kappa shape index (κ2) is 8.62. The molecule has 0 unspecified atom stereocenters. The molecule has 0 aromatic heterocycles. The largest absolute Gasteiger partial charge is 0.497 e. The van der Waals surface area contributed by atoms with Gasteiger partial charge in [-0.25, -0.2) is 8.42 Å². The summed E-state index contributed by atoms with van der Waals surface area (Å²) < 4.78 is 37.0. The highest BCUT2D eigenvalue weighted by molar-refractivity contribution is 7.92. The molecule has 0 aliphatic carbocycles. The zero-order valence-electron chi connectivity index (χ0n) is 14.1. The molecule has 0 radical (unpaired) electrons. The van der Waals surface area contributed by atoms with E-state index >= 15 is 0 Å². The Morgan fingerprint density at radius 2 is 1.77 bits per heavy atom. The third-order valence-electron chi connectivity index (χ3n) is 3.43. The Morgan fingerprint density at radius 1 is 1.12 bits per heavy atom. The first-order valence-electron chi connectivity index (χ1n) is 7.57. The number of carbonyl (C=O) groups is 1. The number of esters is 1. The molecule has 0 amide bonds. The van der Waals surface area contributed by atoms with E-state index in [-0.39, 0.29) is 27.2 Å². The molecule has 0 N–H and O–H groups in total. The normalized spacial score (nSPS) is 11.1. The number of anilines is 1. The molecule has 2 rings (SSSR count). The van der Waals surface area contributed by atoms with Crippen LogP contribution in [0.3, 0.4) is 0 Å². The Balaban J connectivity index is 2.54. The summed E-state index contributed by atoms with van der Waals surface area (Å²) in [6, 6.07) is 10.3. The van der Waals surface area contributed by atoms with Gasteiger partial charge in [-0.1, -0.05) is 29.3 Å². The van der Waals surface area contributed by atoms with Crippen molar-refractivity contribution in [3.8, 4) is 5.75 Å². The minimum Gasteiger partial charge on any atom is -0.497 e. The number of sulfonamides is 1. The molecule has 0 aliphatic heterocycles. The fourth-order valence-corrected chi connectivity index (χ4v) is 4.05. The number of hydrogen-bond donors (Lipinski definition) is 0. The molecule has 6 nitrogen and oxygen atoms in total. The Bertz CT molecular complexity index is 885. The van der Waals surface area contributed by atoms with E-state index < -0.39 is 22.5 Å². The predicted octanol–water partition coefficient (Wildman–Crippen LogP) is 3.76. The average molecular weight is 418 g/mol. The molecule has 0 saturated heterocycles. The molecule has 140 valence electrons. The van der Waals surface area contributed by atoms with Crippen molar-refractivity contribution in [1.29, 1.82) is 0 Å². The van der Waals surface area contributed by atoms with Crippen molar-refractivity contribution in [2.45, 2.75) is 11.8 Å². The highest BCUT2D eigenvalue weighted by Gasteiger charge is 2.29. The minimum atomic E-state index is -4.10. The van der Waals surface area contributed by atoms with E-state index in [2.05, 4.69) is 0 Å². The molecule has 0 heterocycles. The van der Waals surface area contributed by atoms with Crippen molar-refractivity contribution in [1.82, 2.24) is 0 Å². The van der Waals surface area contributed by atoms with Crippen LogP contribution in [0.2, 0.25) is 10.0 Å². The smallest absolute Gasteiger partial charge is 0.326 e. The van der Waals surface area contributed by atoms with E-state index in [1.54, 1.807) is 13.0 Å². The van der Waals surface area contributed by atoms with Gasteiger partial charge in [0.15, 0.2) is 0 Å². The molecule has 0 atom stereocenters. The first-order chi connectivity index (χ1) is 12.3. The van der Waals surface area contributed by atoms with E-state index in [1.807, 2.05) is 0 Å². The van der Waals surface area contributed by atoms with Crippen LogP contribution in [0, 0.1) is 0 Å². The van der Waals surface area contributed by atoms with Crippen molar-refractivity contribution in [2.24, 2.45) is 0 Å². The molecular weight excluding hydrogens is 401 g/mol. The first kappa shape index (κ1) is 20.4. The maximum Gasteiger partial charge on any atom is 0.326 e. The summed E-state index contributed by atoms with van der Waals surface area (Å²) >= 11 is 12.2. The van der Waals surface area contributed by atoms with Crippen LogP contribution in [0.25, 0.3) is 0 Å². The van der Waals surface area contributed by atoms with Gasteiger partial charge >= 0.3 is 5.97 Å². The van der Waals surface area contributed by atoms with Gasteiger partial charge < -0.3 is 9.47 Å². The molecule has 2 aromatic carbocycles. The molecule has 0 spiro atoms. The van der Waals surface area contributed by atoms with Crippen LogP contribution in [0.15, 0.2) is 47.4 Å². The maximum atomic E-state index is 13.1. The van der Waals surface area contributed by atoms with Crippen LogP contribution in [0.5, 0.6) is 5.75 Å². The van der Waals surface area contributed by atoms with Crippen LogP contribution in [-0.2, 0) is 19.6 Å². The van der Waals surface area contributed by atoms with Crippen molar-refractivity contribution in [3.63, 3.8) is 0 Å². The Hall–Kier alpha value is -1.96. The topological polar surface area (TPSA) is 72.9 Å². The molecule has 0 fully saturated rings. The number of nitrogens with zero attached hydrogens (tertiary/aromatic N) is 1. The zero-order valence-corrected chi connectivity index (χ0v) is 16.4. The van der Waals surface area contributed by atoms with E-state index in [9.17, 15) is 13.2 Å². The van der Waals surface area contributed by atoms with Crippen molar-refractivity contribution in [3.05, 3.63) is 52.5 Å².